The van der Waals surface area contributed by atoms with Gasteiger partial charge < -0.3 is 9.88 Å². The van der Waals surface area contributed by atoms with E-state index in [0.717, 1.165) is 33.9 Å². The number of carbonyl (C=O) groups excluding carboxylic acids is 1. The highest BCUT2D eigenvalue weighted by atomic mass is 16.1. The lowest BCUT2D eigenvalue weighted by Gasteiger charge is -2.14. The van der Waals surface area contributed by atoms with Crippen molar-refractivity contribution in [1.29, 1.82) is 0 Å². The second kappa shape index (κ2) is 7.67. The Morgan fingerprint density at radius 3 is 2.17 bits per heavy atom. The molecular weight excluding hydrogens is 372 g/mol. The standard InChI is InChI=1S/C25H26N4O/c1-16-9-8-10-21(15-16)29-25(28-11-6-7-12-28)22(20(5)27-29)24(30)26-23-18(3)13-17(2)14-19(23)4/h6-15H,1-5H3,(H,26,30). The molecule has 0 bridgehead atoms. The quantitative estimate of drug-likeness (QED) is 0.496. The van der Waals surface area contributed by atoms with Crippen LogP contribution in [-0.4, -0.2) is 20.3 Å². The van der Waals surface area contributed by atoms with Crippen LogP contribution in [0.25, 0.3) is 11.5 Å². The predicted octanol–water partition coefficient (Wildman–Crippen LogP) is 5.46. The largest absolute Gasteiger partial charge is 0.321 e. The number of rotatable bonds is 4. The Morgan fingerprint density at radius 2 is 1.53 bits per heavy atom. The average Bonchev–Trinajstić information content (AvgIpc) is 3.32. The Balaban J connectivity index is 1.85. The molecule has 0 atom stereocenters. The smallest absolute Gasteiger partial charge is 0.261 e. The zero-order chi connectivity index (χ0) is 21.4. The van der Waals surface area contributed by atoms with E-state index in [2.05, 4.69) is 30.4 Å². The van der Waals surface area contributed by atoms with Crippen molar-refractivity contribution in [3.8, 4) is 11.5 Å². The maximum atomic E-state index is 13.5. The number of carbonyl (C=O) groups is 1. The zero-order valence-corrected chi connectivity index (χ0v) is 18.0. The summed E-state index contributed by atoms with van der Waals surface area (Å²) in [5, 5.41) is 7.87. The van der Waals surface area contributed by atoms with Crippen molar-refractivity contribution in [3.63, 3.8) is 0 Å². The number of hydrogen-bond donors (Lipinski definition) is 1. The normalized spacial score (nSPS) is 11.0. The molecule has 0 fully saturated rings. The summed E-state index contributed by atoms with van der Waals surface area (Å²) < 4.78 is 3.78. The fourth-order valence-electron chi connectivity index (χ4n) is 3.99. The molecule has 0 aliphatic heterocycles. The van der Waals surface area contributed by atoms with Crippen LogP contribution in [0.3, 0.4) is 0 Å². The fourth-order valence-corrected chi connectivity index (χ4v) is 3.99. The first-order chi connectivity index (χ1) is 14.3. The summed E-state index contributed by atoms with van der Waals surface area (Å²) in [4.78, 5) is 13.5. The Morgan fingerprint density at radius 1 is 0.867 bits per heavy atom. The monoisotopic (exact) mass is 398 g/mol. The van der Waals surface area contributed by atoms with Crippen LogP contribution in [0.2, 0.25) is 0 Å². The molecule has 0 unspecified atom stereocenters. The summed E-state index contributed by atoms with van der Waals surface area (Å²) in [5.74, 6) is 0.563. The highest BCUT2D eigenvalue weighted by Gasteiger charge is 2.24. The van der Waals surface area contributed by atoms with Gasteiger partial charge in [-0.15, -0.1) is 0 Å². The van der Waals surface area contributed by atoms with Gasteiger partial charge in [0.1, 0.15) is 5.56 Å². The number of aryl methyl sites for hydroxylation is 5. The van der Waals surface area contributed by atoms with Crippen molar-refractivity contribution >= 4 is 11.6 Å². The molecule has 1 amide bonds. The molecule has 5 heteroatoms. The summed E-state index contributed by atoms with van der Waals surface area (Å²) in [6.07, 6.45) is 3.86. The van der Waals surface area contributed by atoms with Crippen molar-refractivity contribution in [1.82, 2.24) is 14.3 Å². The summed E-state index contributed by atoms with van der Waals surface area (Å²) in [6, 6.07) is 16.2. The maximum absolute atomic E-state index is 13.5. The lowest BCUT2D eigenvalue weighted by Crippen LogP contribution is -2.17. The Kier molecular flexibility index (Phi) is 5.04. The van der Waals surface area contributed by atoms with Crippen LogP contribution in [0.5, 0.6) is 0 Å². The number of amides is 1. The molecule has 152 valence electrons. The Bertz CT molecular complexity index is 1210. The van der Waals surface area contributed by atoms with E-state index in [9.17, 15) is 4.79 Å². The summed E-state index contributed by atoms with van der Waals surface area (Å²) in [7, 11) is 0. The minimum Gasteiger partial charge on any atom is -0.321 e. The topological polar surface area (TPSA) is 51.9 Å². The number of nitrogens with zero attached hydrogens (tertiary/aromatic N) is 3. The highest BCUT2D eigenvalue weighted by Crippen LogP contribution is 2.27. The van der Waals surface area contributed by atoms with Crippen LogP contribution in [0.1, 0.15) is 38.3 Å². The first-order valence-corrected chi connectivity index (χ1v) is 10.0. The van der Waals surface area contributed by atoms with Gasteiger partial charge >= 0.3 is 0 Å². The van der Waals surface area contributed by atoms with E-state index in [1.54, 1.807) is 0 Å². The van der Waals surface area contributed by atoms with Gasteiger partial charge in [-0.3, -0.25) is 4.79 Å². The first kappa shape index (κ1) is 19.7. The van der Waals surface area contributed by atoms with Crippen LogP contribution in [0, 0.1) is 34.6 Å². The van der Waals surface area contributed by atoms with Gasteiger partial charge in [0.05, 0.1) is 11.4 Å². The SMILES string of the molecule is Cc1cccc(-n2nc(C)c(C(=O)Nc3c(C)cc(C)cc3C)c2-n2cccc2)c1. The minimum absolute atomic E-state index is 0.162. The first-order valence-electron chi connectivity index (χ1n) is 10.0. The van der Waals surface area contributed by atoms with E-state index in [1.807, 2.05) is 79.7 Å². The lowest BCUT2D eigenvalue weighted by molar-refractivity contribution is 0.102. The molecular formula is C25H26N4O. The third-order valence-electron chi connectivity index (χ3n) is 5.27. The highest BCUT2D eigenvalue weighted by molar-refractivity contribution is 6.08. The number of aromatic nitrogens is 3. The maximum Gasteiger partial charge on any atom is 0.261 e. The molecule has 0 saturated carbocycles. The number of hydrogen-bond acceptors (Lipinski definition) is 2. The van der Waals surface area contributed by atoms with Crippen molar-refractivity contribution in [2.75, 3.05) is 5.32 Å². The second-order valence-corrected chi connectivity index (χ2v) is 7.85. The van der Waals surface area contributed by atoms with Crippen molar-refractivity contribution in [2.45, 2.75) is 34.6 Å². The summed E-state index contributed by atoms with van der Waals surface area (Å²) in [6.45, 7) is 10.0. The van der Waals surface area contributed by atoms with E-state index < -0.39 is 0 Å². The van der Waals surface area contributed by atoms with Crippen LogP contribution < -0.4 is 5.32 Å². The van der Waals surface area contributed by atoms with Crippen LogP contribution in [0.4, 0.5) is 5.69 Å². The van der Waals surface area contributed by atoms with E-state index >= 15 is 0 Å². The van der Waals surface area contributed by atoms with Gasteiger partial charge in [0.2, 0.25) is 0 Å². The molecule has 0 aliphatic rings. The fraction of sp³-hybridized carbons (Fsp3) is 0.200. The molecule has 4 aromatic rings. The third-order valence-corrected chi connectivity index (χ3v) is 5.27. The van der Waals surface area contributed by atoms with Gasteiger partial charge in [0, 0.05) is 18.1 Å². The lowest BCUT2D eigenvalue weighted by atomic mass is 10.0. The number of benzene rings is 2. The summed E-state index contributed by atoms with van der Waals surface area (Å²) >= 11 is 0. The van der Waals surface area contributed by atoms with E-state index in [1.165, 1.54) is 5.56 Å². The van der Waals surface area contributed by atoms with E-state index in [4.69, 9.17) is 5.10 Å². The number of anilines is 1. The molecule has 4 rings (SSSR count). The van der Waals surface area contributed by atoms with Crippen LogP contribution in [0.15, 0.2) is 60.9 Å². The van der Waals surface area contributed by atoms with Crippen LogP contribution in [-0.2, 0) is 0 Å². The Labute approximate surface area is 177 Å². The molecule has 30 heavy (non-hydrogen) atoms. The summed E-state index contributed by atoms with van der Waals surface area (Å²) in [5.41, 5.74) is 7.43. The molecule has 2 aromatic carbocycles. The van der Waals surface area contributed by atoms with Crippen LogP contribution >= 0.6 is 0 Å². The Hall–Kier alpha value is -3.60. The minimum atomic E-state index is -0.162. The van der Waals surface area contributed by atoms with E-state index in [-0.39, 0.29) is 5.91 Å². The van der Waals surface area contributed by atoms with Gasteiger partial charge in [-0.25, -0.2) is 4.68 Å². The molecule has 1 N–H and O–H groups in total. The zero-order valence-electron chi connectivity index (χ0n) is 18.0. The second-order valence-electron chi connectivity index (χ2n) is 7.85. The third kappa shape index (κ3) is 3.54. The average molecular weight is 399 g/mol. The van der Waals surface area contributed by atoms with E-state index in [0.29, 0.717) is 11.3 Å². The van der Waals surface area contributed by atoms with Crippen molar-refractivity contribution in [3.05, 3.63) is 94.4 Å². The molecule has 5 nitrogen and oxygen atoms in total. The predicted molar refractivity (Wildman–Crippen MR) is 121 cm³/mol. The molecule has 0 aliphatic carbocycles. The molecule has 2 heterocycles. The van der Waals surface area contributed by atoms with Gasteiger partial charge in [-0.05, 0) is 75.6 Å². The number of nitrogens with one attached hydrogen (secondary N) is 1. The molecule has 2 aromatic heterocycles. The van der Waals surface area contributed by atoms with Gasteiger partial charge in [-0.1, -0.05) is 29.8 Å². The van der Waals surface area contributed by atoms with Gasteiger partial charge in [0.25, 0.3) is 5.91 Å². The van der Waals surface area contributed by atoms with Gasteiger partial charge in [0.15, 0.2) is 5.82 Å². The van der Waals surface area contributed by atoms with Crippen molar-refractivity contribution < 1.29 is 4.79 Å². The van der Waals surface area contributed by atoms with Crippen molar-refractivity contribution in [2.24, 2.45) is 0 Å². The molecule has 0 spiro atoms. The molecule has 0 radical (unpaired) electrons. The van der Waals surface area contributed by atoms with Gasteiger partial charge in [-0.2, -0.15) is 5.10 Å². The molecule has 0 saturated heterocycles.